The monoisotopic (exact) mass is 246 g/mol. The Morgan fingerprint density at radius 2 is 2.44 bits per heavy atom. The van der Waals surface area contributed by atoms with Gasteiger partial charge in [-0.15, -0.1) is 5.10 Å². The van der Waals surface area contributed by atoms with Gasteiger partial charge in [-0.3, -0.25) is 4.79 Å². The molecule has 0 bridgehead atoms. The topological polar surface area (TPSA) is 90.1 Å². The van der Waals surface area contributed by atoms with Crippen molar-refractivity contribution in [2.75, 3.05) is 19.0 Å². The number of carboxylic acid groups (broad SMARTS) is 1. The summed E-state index contributed by atoms with van der Waals surface area (Å²) in [6.07, 6.45) is 0.805. The lowest BCUT2D eigenvalue weighted by Crippen LogP contribution is -2.07. The maximum absolute atomic E-state index is 10.4. The molecule has 8 heteroatoms. The summed E-state index contributed by atoms with van der Waals surface area (Å²) in [5, 5.41) is 20.1. The van der Waals surface area contributed by atoms with Gasteiger partial charge in [0.05, 0.1) is 5.75 Å². The largest absolute Gasteiger partial charge is 0.481 e. The Labute approximate surface area is 97.2 Å². The van der Waals surface area contributed by atoms with E-state index in [1.165, 1.54) is 0 Å². The zero-order valence-corrected chi connectivity index (χ0v) is 9.81. The molecule has 0 saturated carbocycles. The summed E-state index contributed by atoms with van der Waals surface area (Å²) >= 11 is 1.11. The highest BCUT2D eigenvalue weighted by atomic mass is 32.2. The molecule has 0 aliphatic carbocycles. The van der Waals surface area contributed by atoms with Crippen LogP contribution in [0.15, 0.2) is 5.16 Å². The SMILES string of the molecule is CCOCCCn1nnnc1SCC(=O)O. The third kappa shape index (κ3) is 4.58. The van der Waals surface area contributed by atoms with Crippen LogP contribution in [0.4, 0.5) is 0 Å². The van der Waals surface area contributed by atoms with Gasteiger partial charge in [0.15, 0.2) is 0 Å². The van der Waals surface area contributed by atoms with Crippen molar-refractivity contribution in [1.82, 2.24) is 20.2 Å². The highest BCUT2D eigenvalue weighted by molar-refractivity contribution is 7.99. The molecule has 0 radical (unpaired) electrons. The fraction of sp³-hybridized carbons (Fsp3) is 0.750. The maximum atomic E-state index is 10.4. The van der Waals surface area contributed by atoms with E-state index in [1.807, 2.05) is 6.92 Å². The van der Waals surface area contributed by atoms with Gasteiger partial charge in [-0.1, -0.05) is 11.8 Å². The summed E-state index contributed by atoms with van der Waals surface area (Å²) in [4.78, 5) is 10.4. The average molecular weight is 246 g/mol. The number of tetrazole rings is 1. The van der Waals surface area contributed by atoms with Gasteiger partial charge in [-0.2, -0.15) is 0 Å². The molecule has 7 nitrogen and oxygen atoms in total. The molecule has 1 heterocycles. The number of aryl methyl sites for hydroxylation is 1. The van der Waals surface area contributed by atoms with Crippen LogP contribution in [0.25, 0.3) is 0 Å². The lowest BCUT2D eigenvalue weighted by Gasteiger charge is -2.03. The molecule has 1 aromatic heterocycles. The van der Waals surface area contributed by atoms with E-state index in [0.717, 1.165) is 18.2 Å². The van der Waals surface area contributed by atoms with E-state index >= 15 is 0 Å². The van der Waals surface area contributed by atoms with Gasteiger partial charge in [0.25, 0.3) is 0 Å². The van der Waals surface area contributed by atoms with Crippen molar-refractivity contribution >= 4 is 17.7 Å². The number of carbonyl (C=O) groups is 1. The van der Waals surface area contributed by atoms with Crippen LogP contribution in [0, 0.1) is 0 Å². The first-order valence-corrected chi connectivity index (χ1v) is 5.91. The minimum atomic E-state index is -0.881. The number of carboxylic acids is 1. The first-order chi connectivity index (χ1) is 7.74. The first kappa shape index (κ1) is 12.9. The number of ether oxygens (including phenoxy) is 1. The Hall–Kier alpha value is -1.15. The third-order valence-electron chi connectivity index (χ3n) is 1.69. The van der Waals surface area contributed by atoms with Gasteiger partial charge >= 0.3 is 5.97 Å². The molecular weight excluding hydrogens is 232 g/mol. The zero-order chi connectivity index (χ0) is 11.8. The molecular formula is C8H14N4O3S. The molecule has 0 atom stereocenters. The van der Waals surface area contributed by atoms with Gasteiger partial charge < -0.3 is 9.84 Å². The van der Waals surface area contributed by atoms with Crippen LogP contribution in [-0.2, 0) is 16.1 Å². The standard InChI is InChI=1S/C8H14N4O3S/c1-2-15-5-3-4-12-8(9-10-11-12)16-6-7(13)14/h2-6H2,1H3,(H,13,14). The molecule has 0 saturated heterocycles. The molecule has 0 spiro atoms. The predicted molar refractivity (Wildman–Crippen MR) is 57.3 cm³/mol. The van der Waals surface area contributed by atoms with E-state index in [1.54, 1.807) is 4.68 Å². The molecule has 16 heavy (non-hydrogen) atoms. The lowest BCUT2D eigenvalue weighted by atomic mass is 10.4. The van der Waals surface area contributed by atoms with Crippen molar-refractivity contribution in [3.8, 4) is 0 Å². The Bertz CT molecular complexity index is 331. The molecule has 1 rings (SSSR count). The van der Waals surface area contributed by atoms with Crippen molar-refractivity contribution in [1.29, 1.82) is 0 Å². The minimum absolute atomic E-state index is 0.0359. The van der Waals surface area contributed by atoms with E-state index in [4.69, 9.17) is 9.84 Å². The van der Waals surface area contributed by atoms with Crippen molar-refractivity contribution in [2.45, 2.75) is 25.0 Å². The summed E-state index contributed by atoms with van der Waals surface area (Å²) in [5.41, 5.74) is 0. The number of hydrogen-bond donors (Lipinski definition) is 1. The summed E-state index contributed by atoms with van der Waals surface area (Å²) in [5.74, 6) is -0.917. The van der Waals surface area contributed by atoms with E-state index in [2.05, 4.69) is 15.5 Å². The molecule has 90 valence electrons. The van der Waals surface area contributed by atoms with Crippen molar-refractivity contribution in [3.05, 3.63) is 0 Å². The van der Waals surface area contributed by atoms with Crippen LogP contribution in [0.3, 0.4) is 0 Å². The Morgan fingerprint density at radius 3 is 3.12 bits per heavy atom. The second-order valence-corrected chi connectivity index (χ2v) is 3.86. The van der Waals surface area contributed by atoms with Crippen LogP contribution in [0.1, 0.15) is 13.3 Å². The highest BCUT2D eigenvalue weighted by Crippen LogP contribution is 2.13. The van der Waals surface area contributed by atoms with Crippen LogP contribution >= 0.6 is 11.8 Å². The number of thioether (sulfide) groups is 1. The average Bonchev–Trinajstić information content (AvgIpc) is 2.69. The zero-order valence-electron chi connectivity index (χ0n) is 9.00. The molecule has 0 amide bonds. The highest BCUT2D eigenvalue weighted by Gasteiger charge is 2.08. The maximum Gasteiger partial charge on any atom is 0.313 e. The lowest BCUT2D eigenvalue weighted by molar-refractivity contribution is -0.133. The Kier molecular flexibility index (Phi) is 5.79. The van der Waals surface area contributed by atoms with E-state index in [9.17, 15) is 4.79 Å². The van der Waals surface area contributed by atoms with Gasteiger partial charge in [0, 0.05) is 19.8 Å². The first-order valence-electron chi connectivity index (χ1n) is 4.92. The quantitative estimate of drug-likeness (QED) is 0.520. The predicted octanol–water partition coefficient (Wildman–Crippen LogP) is 0.276. The summed E-state index contributed by atoms with van der Waals surface area (Å²) < 4.78 is 6.78. The van der Waals surface area contributed by atoms with Gasteiger partial charge in [0.1, 0.15) is 0 Å². The smallest absolute Gasteiger partial charge is 0.313 e. The van der Waals surface area contributed by atoms with Crippen molar-refractivity contribution in [2.24, 2.45) is 0 Å². The normalized spacial score (nSPS) is 10.6. The molecule has 0 aromatic carbocycles. The molecule has 0 aliphatic heterocycles. The van der Waals surface area contributed by atoms with Crippen molar-refractivity contribution < 1.29 is 14.6 Å². The van der Waals surface area contributed by atoms with Crippen LogP contribution in [0.2, 0.25) is 0 Å². The Balaban J connectivity index is 2.35. The molecule has 1 aromatic rings. The summed E-state index contributed by atoms with van der Waals surface area (Å²) in [6.45, 7) is 3.91. The molecule has 0 fully saturated rings. The molecule has 0 unspecified atom stereocenters. The van der Waals surface area contributed by atoms with Crippen LogP contribution in [-0.4, -0.2) is 50.2 Å². The van der Waals surface area contributed by atoms with Crippen molar-refractivity contribution in [3.63, 3.8) is 0 Å². The van der Waals surface area contributed by atoms with Gasteiger partial charge in [-0.05, 0) is 23.8 Å². The van der Waals surface area contributed by atoms with Gasteiger partial charge in [-0.25, -0.2) is 4.68 Å². The van der Waals surface area contributed by atoms with E-state index < -0.39 is 5.97 Å². The summed E-state index contributed by atoms with van der Waals surface area (Å²) in [6, 6.07) is 0. The van der Waals surface area contributed by atoms with Crippen LogP contribution < -0.4 is 0 Å². The second-order valence-electron chi connectivity index (χ2n) is 2.92. The number of hydrogen-bond acceptors (Lipinski definition) is 6. The van der Waals surface area contributed by atoms with Gasteiger partial charge in [0.2, 0.25) is 5.16 Å². The number of aromatic nitrogens is 4. The fourth-order valence-electron chi connectivity index (χ4n) is 1.03. The minimum Gasteiger partial charge on any atom is -0.481 e. The Morgan fingerprint density at radius 1 is 1.62 bits per heavy atom. The van der Waals surface area contributed by atoms with E-state index in [0.29, 0.717) is 24.9 Å². The number of aliphatic carboxylic acids is 1. The third-order valence-corrected chi connectivity index (χ3v) is 2.63. The molecule has 1 N–H and O–H groups in total. The van der Waals surface area contributed by atoms with Crippen LogP contribution in [0.5, 0.6) is 0 Å². The van der Waals surface area contributed by atoms with E-state index in [-0.39, 0.29) is 5.75 Å². The molecule has 0 aliphatic rings. The number of nitrogens with zero attached hydrogens (tertiary/aromatic N) is 4. The number of rotatable bonds is 8. The fourth-order valence-corrected chi connectivity index (χ4v) is 1.65. The summed E-state index contributed by atoms with van der Waals surface area (Å²) in [7, 11) is 0. The second kappa shape index (κ2) is 7.18.